The zero-order valence-corrected chi connectivity index (χ0v) is 8.57. The van der Waals surface area contributed by atoms with Gasteiger partial charge < -0.3 is 16.2 Å². The third-order valence-corrected chi connectivity index (χ3v) is 1.95. The molecule has 0 aliphatic carbocycles. The van der Waals surface area contributed by atoms with Gasteiger partial charge in [0.1, 0.15) is 0 Å². The molecular formula is C10H17N3O. The van der Waals surface area contributed by atoms with Crippen LogP contribution in [0.3, 0.4) is 0 Å². The second-order valence-corrected chi connectivity index (χ2v) is 3.59. The third kappa shape index (κ3) is 3.22. The van der Waals surface area contributed by atoms with E-state index in [2.05, 4.69) is 10.3 Å². The monoisotopic (exact) mass is 195 g/mol. The summed E-state index contributed by atoms with van der Waals surface area (Å²) in [5, 5.41) is 12.4. The smallest absolute Gasteiger partial charge is 0.0736 e. The number of aliphatic hydroxyl groups is 1. The average Bonchev–Trinajstić information content (AvgIpc) is 2.07. The highest BCUT2D eigenvalue weighted by molar-refractivity contribution is 5.64. The van der Waals surface area contributed by atoms with Crippen LogP contribution in [0.5, 0.6) is 0 Å². The van der Waals surface area contributed by atoms with Gasteiger partial charge in [-0.3, -0.25) is 4.98 Å². The largest absolute Gasteiger partial charge is 0.396 e. The highest BCUT2D eigenvalue weighted by atomic mass is 16.3. The molecular weight excluding hydrogens is 178 g/mol. The van der Waals surface area contributed by atoms with Gasteiger partial charge in [-0.25, -0.2) is 0 Å². The Kier molecular flexibility index (Phi) is 3.71. The summed E-state index contributed by atoms with van der Waals surface area (Å²) in [7, 11) is 0. The maximum Gasteiger partial charge on any atom is 0.0736 e. The Morgan fingerprint density at radius 3 is 2.86 bits per heavy atom. The number of pyridine rings is 1. The van der Waals surface area contributed by atoms with Crippen molar-refractivity contribution in [2.45, 2.75) is 32.4 Å². The molecule has 0 spiro atoms. The lowest BCUT2D eigenvalue weighted by atomic mass is 10.1. The quantitative estimate of drug-likeness (QED) is 0.676. The topological polar surface area (TPSA) is 71.2 Å². The van der Waals surface area contributed by atoms with Crippen LogP contribution in [0, 0.1) is 0 Å². The van der Waals surface area contributed by atoms with Crippen LogP contribution in [0.25, 0.3) is 0 Å². The van der Waals surface area contributed by atoms with E-state index in [1.54, 1.807) is 19.3 Å². The van der Waals surface area contributed by atoms with Crippen molar-refractivity contribution in [2.24, 2.45) is 0 Å². The summed E-state index contributed by atoms with van der Waals surface area (Å²) in [5.74, 6) is 0. The minimum absolute atomic E-state index is 0.194. The number of hydrogen-bond donors (Lipinski definition) is 3. The highest BCUT2D eigenvalue weighted by Crippen LogP contribution is 2.17. The van der Waals surface area contributed by atoms with E-state index in [0.717, 1.165) is 5.69 Å². The molecule has 1 heterocycles. The molecule has 0 bridgehead atoms. The van der Waals surface area contributed by atoms with Crippen LogP contribution in [-0.4, -0.2) is 22.2 Å². The summed E-state index contributed by atoms with van der Waals surface area (Å²) in [6, 6.07) is 2.02. The molecule has 0 radical (unpaired) electrons. The first-order chi connectivity index (χ1) is 6.59. The lowest BCUT2D eigenvalue weighted by Crippen LogP contribution is -2.21. The van der Waals surface area contributed by atoms with E-state index in [4.69, 9.17) is 5.73 Å². The molecule has 0 aliphatic heterocycles. The van der Waals surface area contributed by atoms with Crippen LogP contribution in [0.2, 0.25) is 0 Å². The number of hydrogen-bond acceptors (Lipinski definition) is 4. The van der Waals surface area contributed by atoms with Crippen molar-refractivity contribution in [3.8, 4) is 0 Å². The Labute approximate surface area is 84.2 Å². The molecule has 4 nitrogen and oxygen atoms in total. The standard InChI is InChI=1S/C10H17N3O/c1-7(5-8(2)14)13-10-3-4-12-6-9(10)11/h3-4,6-8,14H,5,11H2,1-2H3,(H,12,13). The molecule has 0 fully saturated rings. The summed E-state index contributed by atoms with van der Waals surface area (Å²) in [4.78, 5) is 3.90. The predicted octanol–water partition coefficient (Wildman–Crippen LogP) is 1.24. The van der Waals surface area contributed by atoms with Crippen molar-refractivity contribution in [1.29, 1.82) is 0 Å². The fourth-order valence-corrected chi connectivity index (χ4v) is 1.37. The molecule has 0 aromatic carbocycles. The van der Waals surface area contributed by atoms with Crippen LogP contribution in [-0.2, 0) is 0 Å². The van der Waals surface area contributed by atoms with Gasteiger partial charge in [0.2, 0.25) is 0 Å². The number of nitrogens with two attached hydrogens (primary N) is 1. The van der Waals surface area contributed by atoms with Gasteiger partial charge in [0.25, 0.3) is 0 Å². The van der Waals surface area contributed by atoms with E-state index in [1.807, 2.05) is 13.0 Å². The Bertz CT molecular complexity index is 288. The van der Waals surface area contributed by atoms with Gasteiger partial charge in [0.05, 0.1) is 23.7 Å². The van der Waals surface area contributed by atoms with Crippen molar-refractivity contribution in [3.05, 3.63) is 18.5 Å². The summed E-state index contributed by atoms with van der Waals surface area (Å²) < 4.78 is 0. The normalized spacial score (nSPS) is 14.8. The second kappa shape index (κ2) is 4.81. The Morgan fingerprint density at radius 2 is 2.29 bits per heavy atom. The Balaban J connectivity index is 2.56. The van der Waals surface area contributed by atoms with Crippen molar-refractivity contribution in [2.75, 3.05) is 11.1 Å². The van der Waals surface area contributed by atoms with Crippen molar-refractivity contribution in [3.63, 3.8) is 0 Å². The van der Waals surface area contributed by atoms with Gasteiger partial charge in [-0.2, -0.15) is 0 Å². The van der Waals surface area contributed by atoms with E-state index >= 15 is 0 Å². The van der Waals surface area contributed by atoms with Gasteiger partial charge in [-0.05, 0) is 26.3 Å². The van der Waals surface area contributed by atoms with E-state index in [-0.39, 0.29) is 12.1 Å². The molecule has 14 heavy (non-hydrogen) atoms. The summed E-state index contributed by atoms with van der Waals surface area (Å²) in [6.07, 6.45) is 3.69. The number of aliphatic hydroxyl groups excluding tert-OH is 1. The molecule has 4 N–H and O–H groups in total. The first kappa shape index (κ1) is 10.8. The van der Waals surface area contributed by atoms with Crippen molar-refractivity contribution < 1.29 is 5.11 Å². The molecule has 1 rings (SSSR count). The molecule has 0 amide bonds. The lowest BCUT2D eigenvalue weighted by Gasteiger charge is -2.17. The number of rotatable bonds is 4. The molecule has 0 saturated heterocycles. The van der Waals surface area contributed by atoms with Crippen molar-refractivity contribution in [1.82, 2.24) is 4.98 Å². The molecule has 2 unspecified atom stereocenters. The van der Waals surface area contributed by atoms with Crippen LogP contribution in [0.15, 0.2) is 18.5 Å². The predicted molar refractivity (Wildman–Crippen MR) is 58.0 cm³/mol. The van der Waals surface area contributed by atoms with Crippen LogP contribution < -0.4 is 11.1 Å². The second-order valence-electron chi connectivity index (χ2n) is 3.59. The molecule has 78 valence electrons. The molecule has 0 aliphatic rings. The maximum absolute atomic E-state index is 9.19. The minimum atomic E-state index is -0.305. The van der Waals surface area contributed by atoms with Crippen LogP contribution in [0.1, 0.15) is 20.3 Å². The maximum atomic E-state index is 9.19. The first-order valence-corrected chi connectivity index (χ1v) is 4.73. The fraction of sp³-hybridized carbons (Fsp3) is 0.500. The van der Waals surface area contributed by atoms with Gasteiger partial charge in [-0.1, -0.05) is 0 Å². The number of anilines is 2. The molecule has 2 atom stereocenters. The zero-order valence-electron chi connectivity index (χ0n) is 8.57. The molecule has 0 saturated carbocycles. The van der Waals surface area contributed by atoms with E-state index < -0.39 is 0 Å². The van der Waals surface area contributed by atoms with Gasteiger partial charge in [0, 0.05) is 12.2 Å². The fourth-order valence-electron chi connectivity index (χ4n) is 1.37. The summed E-state index contributed by atoms with van der Waals surface area (Å²) in [6.45, 7) is 3.78. The van der Waals surface area contributed by atoms with E-state index in [1.165, 1.54) is 0 Å². The molecule has 4 heteroatoms. The van der Waals surface area contributed by atoms with Gasteiger partial charge in [0.15, 0.2) is 0 Å². The van der Waals surface area contributed by atoms with E-state index in [0.29, 0.717) is 12.1 Å². The first-order valence-electron chi connectivity index (χ1n) is 4.73. The SMILES string of the molecule is CC(O)CC(C)Nc1ccncc1N. The Hall–Kier alpha value is -1.29. The van der Waals surface area contributed by atoms with Crippen LogP contribution in [0.4, 0.5) is 11.4 Å². The zero-order chi connectivity index (χ0) is 10.6. The number of nitrogen functional groups attached to an aromatic ring is 1. The molecule has 1 aromatic rings. The number of nitrogens with zero attached hydrogens (tertiary/aromatic N) is 1. The number of aromatic nitrogens is 1. The molecule has 1 aromatic heterocycles. The van der Waals surface area contributed by atoms with Crippen LogP contribution >= 0.6 is 0 Å². The summed E-state index contributed by atoms with van der Waals surface area (Å²) in [5.41, 5.74) is 7.21. The lowest BCUT2D eigenvalue weighted by molar-refractivity contribution is 0.179. The minimum Gasteiger partial charge on any atom is -0.396 e. The average molecular weight is 195 g/mol. The highest BCUT2D eigenvalue weighted by Gasteiger charge is 2.07. The summed E-state index contributed by atoms with van der Waals surface area (Å²) >= 11 is 0. The van der Waals surface area contributed by atoms with Gasteiger partial charge >= 0.3 is 0 Å². The van der Waals surface area contributed by atoms with E-state index in [9.17, 15) is 5.11 Å². The van der Waals surface area contributed by atoms with Gasteiger partial charge in [-0.15, -0.1) is 0 Å². The third-order valence-electron chi connectivity index (χ3n) is 1.95. The Morgan fingerprint density at radius 1 is 1.57 bits per heavy atom. The number of nitrogens with one attached hydrogen (secondary N) is 1. The van der Waals surface area contributed by atoms with Crippen molar-refractivity contribution >= 4 is 11.4 Å².